The van der Waals surface area contributed by atoms with Crippen molar-refractivity contribution in [2.24, 2.45) is 5.10 Å². The molecule has 0 aromatic heterocycles. The largest absolute Gasteiger partial charge is 0.480 e. The molecule has 2 aliphatic rings. The van der Waals surface area contributed by atoms with E-state index in [2.05, 4.69) is 5.10 Å². The number of nitrogens with zero attached hydrogens (tertiary/aromatic N) is 3. The van der Waals surface area contributed by atoms with E-state index in [0.717, 1.165) is 12.8 Å². The molecule has 0 bridgehead atoms. The van der Waals surface area contributed by atoms with E-state index >= 15 is 0 Å². The van der Waals surface area contributed by atoms with Crippen molar-refractivity contribution in [2.75, 3.05) is 12.1 Å². The number of hydrogen-bond acceptors (Lipinski definition) is 4. The predicted octanol–water partition coefficient (Wildman–Crippen LogP) is 1.33. The molecule has 1 fully saturated rings. The first-order chi connectivity index (χ1) is 10.1. The summed E-state index contributed by atoms with van der Waals surface area (Å²) in [6, 6.07) is 8.54. The number of carbonyl (C=O) groups excluding carboxylic acids is 1. The molecule has 3 rings (SSSR count). The molecule has 1 aliphatic carbocycles. The Hall–Kier alpha value is -2.37. The number of benzene rings is 1. The highest BCUT2D eigenvalue weighted by molar-refractivity contribution is 6.40. The van der Waals surface area contributed by atoms with Crippen LogP contribution in [0, 0.1) is 0 Å². The van der Waals surface area contributed by atoms with E-state index in [-0.39, 0.29) is 18.4 Å². The maximum absolute atomic E-state index is 12.3. The molecule has 6 nitrogen and oxygen atoms in total. The van der Waals surface area contributed by atoms with Gasteiger partial charge in [0.2, 0.25) is 0 Å². The number of carbonyl (C=O) groups is 2. The van der Waals surface area contributed by atoms with Crippen LogP contribution in [0.2, 0.25) is 0 Å². The summed E-state index contributed by atoms with van der Waals surface area (Å²) < 4.78 is 0. The van der Waals surface area contributed by atoms with Gasteiger partial charge in [-0.25, -0.2) is 4.79 Å². The summed E-state index contributed by atoms with van der Waals surface area (Å²) in [5.41, 5.74) is 1.00. The third kappa shape index (κ3) is 2.61. The zero-order chi connectivity index (χ0) is 15.0. The van der Waals surface area contributed by atoms with Gasteiger partial charge in [-0.3, -0.25) is 9.80 Å². The van der Waals surface area contributed by atoms with Crippen LogP contribution in [0.25, 0.3) is 0 Å². The number of anilines is 1. The second kappa shape index (κ2) is 5.20. The lowest BCUT2D eigenvalue weighted by Gasteiger charge is -2.19. The number of amides is 1. The monoisotopic (exact) mass is 287 g/mol. The summed E-state index contributed by atoms with van der Waals surface area (Å²) in [6.45, 7) is 0. The highest BCUT2D eigenvalue weighted by atomic mass is 16.4. The molecule has 1 saturated carbocycles. The third-order valence-electron chi connectivity index (χ3n) is 3.88. The Morgan fingerprint density at radius 2 is 1.95 bits per heavy atom. The number of carboxylic acids is 1. The number of para-hydroxylation sites is 1. The van der Waals surface area contributed by atoms with Gasteiger partial charge >= 0.3 is 5.97 Å². The first kappa shape index (κ1) is 13.6. The van der Waals surface area contributed by atoms with Gasteiger partial charge in [-0.05, 0) is 25.0 Å². The standard InChI is InChI=1S/C15H17N3O3/c1-17(10-7-8-10)14(19)12-9-13(15(20)21)18(16-12)11-5-3-2-4-6-11/h2-6,10,13H,7-9H2,1H3,(H,20,21). The van der Waals surface area contributed by atoms with Crippen LogP contribution in [-0.4, -0.2) is 46.7 Å². The first-order valence-corrected chi connectivity index (χ1v) is 6.99. The van der Waals surface area contributed by atoms with Gasteiger partial charge in [0, 0.05) is 19.5 Å². The minimum atomic E-state index is -0.973. The average molecular weight is 287 g/mol. The van der Waals surface area contributed by atoms with Crippen LogP contribution in [0.4, 0.5) is 5.69 Å². The Labute approximate surface area is 122 Å². The van der Waals surface area contributed by atoms with Crippen molar-refractivity contribution in [1.29, 1.82) is 0 Å². The highest BCUT2D eigenvalue weighted by Crippen LogP contribution is 2.28. The number of rotatable bonds is 4. The van der Waals surface area contributed by atoms with Crippen molar-refractivity contribution in [3.63, 3.8) is 0 Å². The van der Waals surface area contributed by atoms with Crippen LogP contribution < -0.4 is 5.01 Å². The number of hydrazone groups is 1. The Balaban J connectivity index is 1.86. The number of aliphatic carboxylic acids is 1. The fourth-order valence-electron chi connectivity index (χ4n) is 2.48. The molecule has 1 unspecified atom stereocenters. The van der Waals surface area contributed by atoms with Crippen molar-refractivity contribution in [2.45, 2.75) is 31.3 Å². The van der Waals surface area contributed by atoms with E-state index < -0.39 is 12.0 Å². The fourth-order valence-corrected chi connectivity index (χ4v) is 2.48. The lowest BCUT2D eigenvalue weighted by molar-refractivity contribution is -0.138. The Kier molecular flexibility index (Phi) is 3.37. The molecule has 0 saturated heterocycles. The van der Waals surface area contributed by atoms with Gasteiger partial charge < -0.3 is 10.0 Å². The van der Waals surface area contributed by atoms with Gasteiger partial charge in [-0.1, -0.05) is 18.2 Å². The lowest BCUT2D eigenvalue weighted by Crippen LogP contribution is -2.36. The smallest absolute Gasteiger partial charge is 0.328 e. The second-order valence-electron chi connectivity index (χ2n) is 5.43. The summed E-state index contributed by atoms with van der Waals surface area (Å²) >= 11 is 0. The molecule has 6 heteroatoms. The fraction of sp³-hybridized carbons (Fsp3) is 0.400. The molecule has 0 spiro atoms. The first-order valence-electron chi connectivity index (χ1n) is 6.99. The molecule has 1 atom stereocenters. The normalized spacial score (nSPS) is 21.1. The summed E-state index contributed by atoms with van der Waals surface area (Å²) in [5.74, 6) is -1.14. The van der Waals surface area contributed by atoms with E-state index in [9.17, 15) is 14.7 Å². The molecule has 1 heterocycles. The molecule has 110 valence electrons. The molecule has 1 aromatic rings. The van der Waals surface area contributed by atoms with Crippen LogP contribution in [0.3, 0.4) is 0 Å². The Morgan fingerprint density at radius 3 is 2.52 bits per heavy atom. The van der Waals surface area contributed by atoms with Crippen molar-refractivity contribution in [3.05, 3.63) is 30.3 Å². The van der Waals surface area contributed by atoms with Crippen molar-refractivity contribution in [3.8, 4) is 0 Å². The third-order valence-corrected chi connectivity index (χ3v) is 3.88. The molecule has 1 N–H and O–H groups in total. The van der Waals surface area contributed by atoms with Crippen LogP contribution >= 0.6 is 0 Å². The van der Waals surface area contributed by atoms with E-state index in [1.165, 1.54) is 5.01 Å². The maximum atomic E-state index is 12.3. The Morgan fingerprint density at radius 1 is 1.29 bits per heavy atom. The molecular formula is C15H17N3O3. The van der Waals surface area contributed by atoms with Gasteiger partial charge in [0.15, 0.2) is 6.04 Å². The molecule has 1 aliphatic heterocycles. The Bertz CT molecular complexity index is 595. The zero-order valence-corrected chi connectivity index (χ0v) is 11.8. The average Bonchev–Trinajstić information content (AvgIpc) is 3.24. The minimum absolute atomic E-state index is 0.139. The number of hydrogen-bond donors (Lipinski definition) is 1. The quantitative estimate of drug-likeness (QED) is 0.906. The van der Waals surface area contributed by atoms with Crippen molar-refractivity contribution < 1.29 is 14.7 Å². The predicted molar refractivity (Wildman–Crippen MR) is 78.2 cm³/mol. The van der Waals surface area contributed by atoms with Crippen LogP contribution in [-0.2, 0) is 9.59 Å². The van der Waals surface area contributed by atoms with E-state index in [0.29, 0.717) is 11.4 Å². The summed E-state index contributed by atoms with van der Waals surface area (Å²) in [4.78, 5) is 25.4. The van der Waals surface area contributed by atoms with Gasteiger partial charge in [0.05, 0.1) is 5.69 Å². The summed E-state index contributed by atoms with van der Waals surface area (Å²) in [7, 11) is 1.75. The summed E-state index contributed by atoms with van der Waals surface area (Å²) in [6.07, 6.45) is 2.17. The molecule has 0 radical (unpaired) electrons. The minimum Gasteiger partial charge on any atom is -0.480 e. The SMILES string of the molecule is CN(C(=O)C1=NN(c2ccccc2)C(C(=O)O)C1)C1CC1. The van der Waals surface area contributed by atoms with Gasteiger partial charge in [-0.15, -0.1) is 0 Å². The van der Waals surface area contributed by atoms with Crippen molar-refractivity contribution in [1.82, 2.24) is 4.90 Å². The van der Waals surface area contributed by atoms with E-state index in [1.807, 2.05) is 18.2 Å². The van der Waals surface area contributed by atoms with Gasteiger partial charge in [0.25, 0.3) is 5.91 Å². The summed E-state index contributed by atoms with van der Waals surface area (Å²) in [5, 5.41) is 15.1. The van der Waals surface area contributed by atoms with Crippen molar-refractivity contribution >= 4 is 23.3 Å². The highest BCUT2D eigenvalue weighted by Gasteiger charge is 2.39. The van der Waals surface area contributed by atoms with Crippen LogP contribution in [0.5, 0.6) is 0 Å². The van der Waals surface area contributed by atoms with Crippen LogP contribution in [0.1, 0.15) is 19.3 Å². The van der Waals surface area contributed by atoms with Crippen LogP contribution in [0.15, 0.2) is 35.4 Å². The maximum Gasteiger partial charge on any atom is 0.328 e. The molecule has 1 aromatic carbocycles. The zero-order valence-electron chi connectivity index (χ0n) is 11.8. The van der Waals surface area contributed by atoms with Gasteiger partial charge in [0.1, 0.15) is 5.71 Å². The van der Waals surface area contributed by atoms with E-state index in [1.54, 1.807) is 24.1 Å². The second-order valence-corrected chi connectivity index (χ2v) is 5.43. The molecule has 1 amide bonds. The molecular weight excluding hydrogens is 270 g/mol. The van der Waals surface area contributed by atoms with Gasteiger partial charge in [-0.2, -0.15) is 5.10 Å². The molecule has 21 heavy (non-hydrogen) atoms. The lowest BCUT2D eigenvalue weighted by atomic mass is 10.1. The number of carboxylic acid groups (broad SMARTS) is 1. The topological polar surface area (TPSA) is 73.2 Å². The van der Waals surface area contributed by atoms with E-state index in [4.69, 9.17) is 0 Å².